The Bertz CT molecular complexity index is 530. The minimum absolute atomic E-state index is 0.166. The molecule has 1 aromatic carbocycles. The molecule has 0 saturated heterocycles. The van der Waals surface area contributed by atoms with Crippen molar-refractivity contribution in [3.05, 3.63) is 42.2 Å². The first kappa shape index (κ1) is 13.0. The van der Waals surface area contributed by atoms with E-state index in [1.807, 2.05) is 25.3 Å². The smallest absolute Gasteiger partial charge is 0.0840 e. The molecule has 2 rings (SSSR count). The van der Waals surface area contributed by atoms with E-state index in [2.05, 4.69) is 24.0 Å². The molecule has 0 aliphatic carbocycles. The Balaban J connectivity index is 2.54. The van der Waals surface area contributed by atoms with Crippen LogP contribution < -0.4 is 5.73 Å². The van der Waals surface area contributed by atoms with Gasteiger partial charge in [0.2, 0.25) is 0 Å². The van der Waals surface area contributed by atoms with E-state index in [-0.39, 0.29) is 11.6 Å². The number of nitrogens with two attached hydrogens (primary N) is 1. The van der Waals surface area contributed by atoms with Crippen molar-refractivity contribution in [1.82, 2.24) is 4.98 Å². The number of fused-ring (bicyclic) bond motifs is 1. The molecule has 0 fully saturated rings. The van der Waals surface area contributed by atoms with Gasteiger partial charge in [-0.1, -0.05) is 25.1 Å². The molecule has 3 heteroatoms. The first-order valence-corrected chi connectivity index (χ1v) is 6.25. The predicted molar refractivity (Wildman–Crippen MR) is 74.4 cm³/mol. The molecule has 18 heavy (non-hydrogen) atoms. The van der Waals surface area contributed by atoms with Crippen molar-refractivity contribution in [2.75, 3.05) is 7.11 Å². The van der Waals surface area contributed by atoms with Crippen LogP contribution in [-0.2, 0) is 4.74 Å². The highest BCUT2D eigenvalue weighted by molar-refractivity contribution is 5.85. The lowest BCUT2D eigenvalue weighted by atomic mass is 9.86. The molecular weight excluding hydrogens is 224 g/mol. The summed E-state index contributed by atoms with van der Waals surface area (Å²) in [6.07, 6.45) is 4.53. The van der Waals surface area contributed by atoms with Gasteiger partial charge in [0.05, 0.1) is 11.6 Å². The summed E-state index contributed by atoms with van der Waals surface area (Å²) in [6.45, 7) is 4.14. The molecule has 0 aliphatic rings. The molecule has 2 unspecified atom stereocenters. The van der Waals surface area contributed by atoms with Crippen molar-refractivity contribution in [1.29, 1.82) is 0 Å². The Labute approximate surface area is 108 Å². The van der Waals surface area contributed by atoms with Gasteiger partial charge in [-0.2, -0.15) is 0 Å². The normalized spacial score (nSPS) is 16.4. The maximum atomic E-state index is 6.41. The van der Waals surface area contributed by atoms with Crippen LogP contribution in [0.25, 0.3) is 10.8 Å². The third kappa shape index (κ3) is 2.11. The molecule has 0 amide bonds. The predicted octanol–water partition coefficient (Wildman–Crippen LogP) is 3.05. The van der Waals surface area contributed by atoms with Crippen molar-refractivity contribution in [3.63, 3.8) is 0 Å². The monoisotopic (exact) mass is 244 g/mol. The minimum atomic E-state index is -0.357. The Morgan fingerprint density at radius 2 is 2.17 bits per heavy atom. The average molecular weight is 244 g/mol. The zero-order valence-electron chi connectivity index (χ0n) is 11.2. The fourth-order valence-corrected chi connectivity index (χ4v) is 2.23. The molecule has 1 aromatic heterocycles. The number of hydrogen-bond donors (Lipinski definition) is 1. The summed E-state index contributed by atoms with van der Waals surface area (Å²) in [5.41, 5.74) is 7.14. The molecule has 0 radical (unpaired) electrons. The third-order valence-electron chi connectivity index (χ3n) is 3.88. The van der Waals surface area contributed by atoms with Gasteiger partial charge in [0, 0.05) is 24.9 Å². The zero-order chi connectivity index (χ0) is 13.2. The van der Waals surface area contributed by atoms with Gasteiger partial charge in [-0.15, -0.1) is 0 Å². The number of ether oxygens (including phenoxy) is 1. The van der Waals surface area contributed by atoms with Crippen LogP contribution in [0.4, 0.5) is 0 Å². The molecule has 2 atom stereocenters. The fourth-order valence-electron chi connectivity index (χ4n) is 2.23. The summed E-state index contributed by atoms with van der Waals surface area (Å²) in [7, 11) is 1.72. The lowest BCUT2D eigenvalue weighted by molar-refractivity contribution is -0.0191. The van der Waals surface area contributed by atoms with Crippen LogP contribution >= 0.6 is 0 Å². The highest BCUT2D eigenvalue weighted by Gasteiger charge is 2.31. The van der Waals surface area contributed by atoms with Gasteiger partial charge in [0.25, 0.3) is 0 Å². The van der Waals surface area contributed by atoms with Gasteiger partial charge in [0.15, 0.2) is 0 Å². The maximum absolute atomic E-state index is 6.41. The van der Waals surface area contributed by atoms with E-state index in [1.54, 1.807) is 13.3 Å². The summed E-state index contributed by atoms with van der Waals surface area (Å²) < 4.78 is 5.61. The molecule has 0 saturated carbocycles. The second-order valence-electron chi connectivity index (χ2n) is 4.79. The summed E-state index contributed by atoms with van der Waals surface area (Å²) >= 11 is 0. The number of nitrogens with zero attached hydrogens (tertiary/aromatic N) is 1. The molecule has 0 bridgehead atoms. The quantitative estimate of drug-likeness (QED) is 0.899. The van der Waals surface area contributed by atoms with Crippen LogP contribution in [0.2, 0.25) is 0 Å². The number of benzene rings is 1. The number of rotatable bonds is 4. The largest absolute Gasteiger partial charge is 0.377 e. The summed E-state index contributed by atoms with van der Waals surface area (Å²) in [4.78, 5) is 4.19. The maximum Gasteiger partial charge on any atom is 0.0840 e. The molecular formula is C15H20N2O. The van der Waals surface area contributed by atoms with Crippen LogP contribution in [0.15, 0.2) is 36.7 Å². The van der Waals surface area contributed by atoms with E-state index >= 15 is 0 Å². The molecule has 0 spiro atoms. The second kappa shape index (κ2) is 5.04. The number of hydrogen-bond acceptors (Lipinski definition) is 3. The van der Waals surface area contributed by atoms with Gasteiger partial charge in [-0.05, 0) is 30.4 Å². The van der Waals surface area contributed by atoms with E-state index < -0.39 is 0 Å². The molecule has 2 aromatic rings. The molecule has 96 valence electrons. The highest BCUT2D eigenvalue weighted by Crippen LogP contribution is 2.33. The van der Waals surface area contributed by atoms with Crippen LogP contribution in [0.3, 0.4) is 0 Å². The standard InChI is InChI=1S/C15H20N2O/c1-4-15(2,18-3)14(16)12-7-5-6-11-8-9-17-10-13(11)12/h5-10,14H,4,16H2,1-3H3. The van der Waals surface area contributed by atoms with Crippen LogP contribution in [0, 0.1) is 0 Å². The summed E-state index contributed by atoms with van der Waals surface area (Å²) in [6, 6.07) is 8.00. The number of aromatic nitrogens is 1. The van der Waals surface area contributed by atoms with Crippen LogP contribution in [-0.4, -0.2) is 17.7 Å². The average Bonchev–Trinajstić information content (AvgIpc) is 2.45. The molecule has 1 heterocycles. The van der Waals surface area contributed by atoms with Gasteiger partial charge in [-0.25, -0.2) is 0 Å². The minimum Gasteiger partial charge on any atom is -0.377 e. The Kier molecular flexibility index (Phi) is 3.64. The topological polar surface area (TPSA) is 48.1 Å². The van der Waals surface area contributed by atoms with Gasteiger partial charge >= 0.3 is 0 Å². The van der Waals surface area contributed by atoms with E-state index in [1.165, 1.54) is 0 Å². The van der Waals surface area contributed by atoms with Crippen molar-refractivity contribution in [2.24, 2.45) is 5.73 Å². The zero-order valence-corrected chi connectivity index (χ0v) is 11.2. The van der Waals surface area contributed by atoms with Crippen LogP contribution in [0.1, 0.15) is 31.9 Å². The van der Waals surface area contributed by atoms with Crippen molar-refractivity contribution >= 4 is 10.8 Å². The number of methoxy groups -OCH3 is 1. The fraction of sp³-hybridized carbons (Fsp3) is 0.400. The van der Waals surface area contributed by atoms with E-state index in [0.717, 1.165) is 22.8 Å². The SMILES string of the molecule is CCC(C)(OC)C(N)c1cccc2ccncc12. The highest BCUT2D eigenvalue weighted by atomic mass is 16.5. The summed E-state index contributed by atoms with van der Waals surface area (Å²) in [5.74, 6) is 0. The van der Waals surface area contributed by atoms with Crippen LogP contribution in [0.5, 0.6) is 0 Å². The molecule has 3 nitrogen and oxygen atoms in total. The lowest BCUT2D eigenvalue weighted by Gasteiger charge is -2.34. The van der Waals surface area contributed by atoms with E-state index in [9.17, 15) is 0 Å². The lowest BCUT2D eigenvalue weighted by Crippen LogP contribution is -2.39. The number of pyridine rings is 1. The van der Waals surface area contributed by atoms with Gasteiger partial charge < -0.3 is 10.5 Å². The second-order valence-corrected chi connectivity index (χ2v) is 4.79. The van der Waals surface area contributed by atoms with Crippen molar-refractivity contribution in [3.8, 4) is 0 Å². The van der Waals surface area contributed by atoms with Gasteiger partial charge in [0.1, 0.15) is 0 Å². The van der Waals surface area contributed by atoms with Gasteiger partial charge in [-0.3, -0.25) is 4.98 Å². The van der Waals surface area contributed by atoms with Crippen molar-refractivity contribution < 1.29 is 4.74 Å². The summed E-state index contributed by atoms with van der Waals surface area (Å²) in [5, 5.41) is 2.26. The van der Waals surface area contributed by atoms with E-state index in [4.69, 9.17) is 10.5 Å². The molecule has 2 N–H and O–H groups in total. The first-order chi connectivity index (χ1) is 8.62. The Morgan fingerprint density at radius 1 is 1.39 bits per heavy atom. The molecule has 0 aliphatic heterocycles. The van der Waals surface area contributed by atoms with E-state index in [0.29, 0.717) is 0 Å². The first-order valence-electron chi connectivity index (χ1n) is 6.25. The van der Waals surface area contributed by atoms with Crippen molar-refractivity contribution in [2.45, 2.75) is 31.9 Å². The third-order valence-corrected chi connectivity index (χ3v) is 3.88. The Hall–Kier alpha value is -1.45. The Morgan fingerprint density at radius 3 is 2.83 bits per heavy atom.